The fraction of sp³-hybridized carbons (Fsp3) is 0.467. The van der Waals surface area contributed by atoms with Gasteiger partial charge in [0.15, 0.2) is 5.82 Å². The summed E-state index contributed by atoms with van der Waals surface area (Å²) in [7, 11) is 0. The number of nitrogens with one attached hydrogen (secondary N) is 1. The van der Waals surface area contributed by atoms with Gasteiger partial charge in [0.1, 0.15) is 5.69 Å². The number of hydrogen-bond acceptors (Lipinski definition) is 3. The molecule has 1 aliphatic rings. The Morgan fingerprint density at radius 1 is 1.32 bits per heavy atom. The molecule has 4 heteroatoms. The largest absolute Gasteiger partial charge is 0.341 e. The summed E-state index contributed by atoms with van der Waals surface area (Å²) in [4.78, 5) is 12.8. The zero-order valence-electron chi connectivity index (χ0n) is 11.3. The molecule has 3 rings (SSSR count). The number of aromatic nitrogens is 3. The Labute approximate surface area is 113 Å². The van der Waals surface area contributed by atoms with Crippen LogP contribution in [0.2, 0.25) is 0 Å². The first-order valence-corrected chi connectivity index (χ1v) is 7.01. The van der Waals surface area contributed by atoms with E-state index >= 15 is 0 Å². The molecule has 0 unspecified atom stereocenters. The first kappa shape index (κ1) is 12.4. The molecule has 0 radical (unpaired) electrons. The van der Waals surface area contributed by atoms with Crippen molar-refractivity contribution >= 4 is 0 Å². The van der Waals surface area contributed by atoms with E-state index in [2.05, 4.69) is 23.0 Å². The third-order valence-electron chi connectivity index (χ3n) is 3.57. The molecule has 3 N–H and O–H groups in total. The minimum Gasteiger partial charge on any atom is -0.341 e. The third kappa shape index (κ3) is 2.68. The number of nitrogens with zero attached hydrogens (tertiary/aromatic N) is 2. The second kappa shape index (κ2) is 5.13. The molecule has 0 aliphatic heterocycles. The zero-order chi connectivity index (χ0) is 13.2. The molecular weight excluding hydrogens is 236 g/mol. The maximum absolute atomic E-state index is 5.54. The van der Waals surface area contributed by atoms with Crippen LogP contribution in [0.5, 0.6) is 0 Å². The number of H-pyrrole nitrogens is 1. The number of nitrogens with two attached hydrogens (primary N) is 1. The van der Waals surface area contributed by atoms with E-state index in [0.717, 1.165) is 30.1 Å². The Morgan fingerprint density at radius 3 is 2.89 bits per heavy atom. The summed E-state index contributed by atoms with van der Waals surface area (Å²) < 4.78 is 0. The average Bonchev–Trinajstić information content (AvgIpc) is 3.20. The summed E-state index contributed by atoms with van der Waals surface area (Å²) in [5.41, 5.74) is 9.98. The van der Waals surface area contributed by atoms with Gasteiger partial charge in [0.05, 0.1) is 5.69 Å². The Bertz CT molecular complexity index is 569. The summed E-state index contributed by atoms with van der Waals surface area (Å²) in [6.45, 7) is 2.81. The van der Waals surface area contributed by atoms with Gasteiger partial charge in [-0.25, -0.2) is 9.97 Å². The molecule has 1 saturated carbocycles. The molecule has 0 spiro atoms. The standard InChI is InChI=1S/C15H20N4/c1-10-14(11-7-8-11)19-15(17-10)13-6-2-4-12(18-13)5-3-9-16/h2,4,6,11H,3,5,7-9,16H2,1H3,(H,17,19). The number of aromatic amines is 1. The van der Waals surface area contributed by atoms with Crippen molar-refractivity contribution < 1.29 is 0 Å². The fourth-order valence-electron chi connectivity index (χ4n) is 2.38. The minimum absolute atomic E-state index is 0.672. The van der Waals surface area contributed by atoms with Crippen molar-refractivity contribution in [3.05, 3.63) is 35.3 Å². The van der Waals surface area contributed by atoms with Crippen LogP contribution in [-0.4, -0.2) is 21.5 Å². The number of hydrogen-bond donors (Lipinski definition) is 2. The molecule has 1 aliphatic carbocycles. The molecule has 1 fully saturated rings. The Morgan fingerprint density at radius 2 is 2.16 bits per heavy atom. The van der Waals surface area contributed by atoms with Crippen molar-refractivity contribution in [1.29, 1.82) is 0 Å². The van der Waals surface area contributed by atoms with Gasteiger partial charge in [-0.15, -0.1) is 0 Å². The van der Waals surface area contributed by atoms with Crippen LogP contribution in [0.25, 0.3) is 11.5 Å². The van der Waals surface area contributed by atoms with Crippen LogP contribution in [-0.2, 0) is 6.42 Å². The van der Waals surface area contributed by atoms with Crippen LogP contribution < -0.4 is 5.73 Å². The monoisotopic (exact) mass is 256 g/mol. The van der Waals surface area contributed by atoms with Crippen LogP contribution in [0.15, 0.2) is 18.2 Å². The minimum atomic E-state index is 0.672. The number of aryl methyl sites for hydroxylation is 2. The molecule has 0 amide bonds. The van der Waals surface area contributed by atoms with Crippen molar-refractivity contribution in [3.8, 4) is 11.5 Å². The second-order valence-electron chi connectivity index (χ2n) is 5.28. The fourth-order valence-corrected chi connectivity index (χ4v) is 2.38. The quantitative estimate of drug-likeness (QED) is 0.864. The molecule has 0 atom stereocenters. The topological polar surface area (TPSA) is 67.6 Å². The predicted octanol–water partition coefficient (Wildman–Crippen LogP) is 2.55. The van der Waals surface area contributed by atoms with Gasteiger partial charge in [-0.05, 0) is 51.3 Å². The van der Waals surface area contributed by atoms with Crippen LogP contribution in [0.4, 0.5) is 0 Å². The lowest BCUT2D eigenvalue weighted by molar-refractivity contribution is 0.811. The Kier molecular flexibility index (Phi) is 3.34. The smallest absolute Gasteiger partial charge is 0.156 e. The van der Waals surface area contributed by atoms with E-state index in [-0.39, 0.29) is 0 Å². The normalized spacial score (nSPS) is 14.8. The average molecular weight is 256 g/mol. The maximum Gasteiger partial charge on any atom is 0.156 e. The van der Waals surface area contributed by atoms with Crippen LogP contribution in [0, 0.1) is 6.92 Å². The predicted molar refractivity (Wildman–Crippen MR) is 75.9 cm³/mol. The molecule has 0 saturated heterocycles. The van der Waals surface area contributed by atoms with E-state index in [1.807, 2.05) is 12.1 Å². The summed E-state index contributed by atoms with van der Waals surface area (Å²) in [5.74, 6) is 1.57. The second-order valence-corrected chi connectivity index (χ2v) is 5.28. The van der Waals surface area contributed by atoms with Crippen LogP contribution in [0.1, 0.15) is 42.3 Å². The highest BCUT2D eigenvalue weighted by molar-refractivity contribution is 5.51. The maximum atomic E-state index is 5.54. The highest BCUT2D eigenvalue weighted by Crippen LogP contribution is 2.41. The van der Waals surface area contributed by atoms with Crippen LogP contribution >= 0.6 is 0 Å². The zero-order valence-corrected chi connectivity index (χ0v) is 11.3. The Balaban J connectivity index is 1.86. The molecule has 19 heavy (non-hydrogen) atoms. The van der Waals surface area contributed by atoms with Crippen LogP contribution in [0.3, 0.4) is 0 Å². The lowest BCUT2D eigenvalue weighted by Crippen LogP contribution is -2.02. The number of imidazole rings is 1. The van der Waals surface area contributed by atoms with Gasteiger partial charge in [0.25, 0.3) is 0 Å². The van der Waals surface area contributed by atoms with Gasteiger partial charge < -0.3 is 10.7 Å². The Hall–Kier alpha value is -1.68. The van der Waals surface area contributed by atoms with Gasteiger partial charge in [-0.2, -0.15) is 0 Å². The van der Waals surface area contributed by atoms with Crippen molar-refractivity contribution in [2.45, 2.75) is 38.5 Å². The highest BCUT2D eigenvalue weighted by Gasteiger charge is 2.28. The van der Waals surface area contributed by atoms with Crippen molar-refractivity contribution in [3.63, 3.8) is 0 Å². The van der Waals surface area contributed by atoms with E-state index in [9.17, 15) is 0 Å². The lowest BCUT2D eigenvalue weighted by atomic mass is 10.2. The van der Waals surface area contributed by atoms with E-state index < -0.39 is 0 Å². The number of pyridine rings is 1. The highest BCUT2D eigenvalue weighted by atomic mass is 15.0. The first-order valence-electron chi connectivity index (χ1n) is 7.01. The number of rotatable bonds is 5. The van der Waals surface area contributed by atoms with Gasteiger partial charge in [-0.3, -0.25) is 0 Å². The van der Waals surface area contributed by atoms with Crippen molar-refractivity contribution in [1.82, 2.24) is 15.0 Å². The molecule has 2 heterocycles. The van der Waals surface area contributed by atoms with Gasteiger partial charge in [0, 0.05) is 17.3 Å². The summed E-state index contributed by atoms with van der Waals surface area (Å²) in [6, 6.07) is 6.11. The molecule has 2 aromatic heterocycles. The van der Waals surface area contributed by atoms with Crippen molar-refractivity contribution in [2.75, 3.05) is 6.54 Å². The molecule has 0 bridgehead atoms. The van der Waals surface area contributed by atoms with E-state index in [4.69, 9.17) is 10.7 Å². The summed E-state index contributed by atoms with van der Waals surface area (Å²) in [6.07, 6.45) is 4.45. The van der Waals surface area contributed by atoms with Crippen molar-refractivity contribution in [2.24, 2.45) is 5.73 Å². The molecule has 100 valence electrons. The molecule has 0 aromatic carbocycles. The van der Waals surface area contributed by atoms with Gasteiger partial charge >= 0.3 is 0 Å². The molecule has 2 aromatic rings. The van der Waals surface area contributed by atoms with E-state index in [1.165, 1.54) is 24.2 Å². The molecule has 4 nitrogen and oxygen atoms in total. The van der Waals surface area contributed by atoms with Gasteiger partial charge in [0.2, 0.25) is 0 Å². The van der Waals surface area contributed by atoms with E-state index in [1.54, 1.807) is 0 Å². The SMILES string of the molecule is Cc1[nH]c(-c2cccc(CCCN)n2)nc1C1CC1. The summed E-state index contributed by atoms with van der Waals surface area (Å²) >= 11 is 0. The first-order chi connectivity index (χ1) is 9.28. The van der Waals surface area contributed by atoms with Gasteiger partial charge in [-0.1, -0.05) is 6.07 Å². The summed E-state index contributed by atoms with van der Waals surface area (Å²) in [5, 5.41) is 0. The third-order valence-corrected chi connectivity index (χ3v) is 3.57. The molecular formula is C15H20N4. The lowest BCUT2D eigenvalue weighted by Gasteiger charge is -2.01. The van der Waals surface area contributed by atoms with E-state index in [0.29, 0.717) is 12.5 Å².